The van der Waals surface area contributed by atoms with Crippen molar-refractivity contribution in [3.05, 3.63) is 40.8 Å². The third kappa shape index (κ3) is 2.40. The predicted molar refractivity (Wildman–Crippen MR) is 78.7 cm³/mol. The van der Waals surface area contributed by atoms with Crippen LogP contribution in [0.3, 0.4) is 0 Å². The summed E-state index contributed by atoms with van der Waals surface area (Å²) in [7, 11) is 0. The van der Waals surface area contributed by atoms with E-state index in [1.54, 1.807) is 0 Å². The molecule has 3 rings (SSSR count). The zero-order chi connectivity index (χ0) is 14.1. The van der Waals surface area contributed by atoms with Crippen molar-refractivity contribution < 1.29 is 0 Å². The Morgan fingerprint density at radius 2 is 1.85 bits per heavy atom. The first kappa shape index (κ1) is 12.4. The molecule has 0 aliphatic rings. The number of hydrogen-bond donors (Lipinski definition) is 3. The van der Waals surface area contributed by atoms with E-state index in [0.29, 0.717) is 6.04 Å². The topological polar surface area (TPSA) is 86.5 Å². The van der Waals surface area contributed by atoms with Crippen molar-refractivity contribution in [1.82, 2.24) is 20.2 Å². The van der Waals surface area contributed by atoms with E-state index in [9.17, 15) is 4.79 Å². The van der Waals surface area contributed by atoms with Crippen LogP contribution in [0.15, 0.2) is 35.1 Å². The van der Waals surface area contributed by atoms with Gasteiger partial charge in [-0.25, -0.2) is 4.79 Å². The maximum atomic E-state index is 11.2. The molecule has 3 aromatic rings. The van der Waals surface area contributed by atoms with Gasteiger partial charge in [0.05, 0.1) is 16.7 Å². The third-order valence-corrected chi connectivity index (χ3v) is 2.91. The highest BCUT2D eigenvalue weighted by Gasteiger charge is 2.05. The highest BCUT2D eigenvalue weighted by molar-refractivity contribution is 5.80. The highest BCUT2D eigenvalue weighted by Crippen LogP contribution is 2.20. The van der Waals surface area contributed by atoms with Gasteiger partial charge in [0.1, 0.15) is 5.82 Å². The van der Waals surface area contributed by atoms with E-state index in [1.165, 1.54) is 0 Å². The number of nitrogens with one attached hydrogen (secondary N) is 3. The number of H-pyrrole nitrogens is 2. The number of hydrogen-bond acceptors (Lipinski definition) is 4. The number of aromatic nitrogens is 4. The van der Waals surface area contributed by atoms with Crippen LogP contribution in [0.5, 0.6) is 0 Å². The molecule has 20 heavy (non-hydrogen) atoms. The third-order valence-electron chi connectivity index (χ3n) is 2.91. The first-order chi connectivity index (χ1) is 9.61. The molecule has 0 aliphatic carbocycles. The van der Waals surface area contributed by atoms with Gasteiger partial charge in [-0.3, -0.25) is 0 Å². The van der Waals surface area contributed by atoms with E-state index in [1.807, 2.05) is 44.2 Å². The van der Waals surface area contributed by atoms with Crippen LogP contribution in [0.25, 0.3) is 22.3 Å². The molecule has 0 spiro atoms. The Balaban J connectivity index is 1.95. The number of benzene rings is 1. The van der Waals surface area contributed by atoms with Gasteiger partial charge >= 0.3 is 5.69 Å². The van der Waals surface area contributed by atoms with Crippen LogP contribution >= 0.6 is 0 Å². The minimum absolute atomic E-state index is 0.209. The molecule has 0 unspecified atom stereocenters. The van der Waals surface area contributed by atoms with Gasteiger partial charge in [0, 0.05) is 11.6 Å². The molecule has 1 aromatic carbocycles. The monoisotopic (exact) mass is 269 g/mol. The number of imidazole rings is 1. The second-order valence-electron chi connectivity index (χ2n) is 4.94. The lowest BCUT2D eigenvalue weighted by atomic mass is 10.1. The van der Waals surface area contributed by atoms with Crippen LogP contribution in [0.1, 0.15) is 13.8 Å². The molecule has 2 aromatic heterocycles. The Morgan fingerprint density at radius 3 is 2.55 bits per heavy atom. The maximum absolute atomic E-state index is 11.2. The molecule has 0 fully saturated rings. The lowest BCUT2D eigenvalue weighted by Gasteiger charge is -2.08. The maximum Gasteiger partial charge on any atom is 0.323 e. The van der Waals surface area contributed by atoms with Gasteiger partial charge in [0.15, 0.2) is 0 Å². The van der Waals surface area contributed by atoms with Gasteiger partial charge in [-0.1, -0.05) is 6.07 Å². The summed E-state index contributed by atoms with van der Waals surface area (Å²) in [6.07, 6.45) is 0. The number of rotatable bonds is 3. The second-order valence-corrected chi connectivity index (χ2v) is 4.94. The zero-order valence-corrected chi connectivity index (χ0v) is 11.3. The van der Waals surface area contributed by atoms with E-state index in [4.69, 9.17) is 0 Å². The summed E-state index contributed by atoms with van der Waals surface area (Å²) in [6, 6.07) is 9.76. The molecule has 0 bridgehead atoms. The first-order valence-corrected chi connectivity index (χ1v) is 6.44. The molecule has 0 amide bonds. The summed E-state index contributed by atoms with van der Waals surface area (Å²) in [5.41, 5.74) is 3.02. The molecule has 2 heterocycles. The summed E-state index contributed by atoms with van der Waals surface area (Å²) in [5, 5.41) is 11.5. The SMILES string of the molecule is CC(C)Nc1ccc(-c2ccc3[nH]c(=O)[nH]c3c2)nn1. The van der Waals surface area contributed by atoms with Gasteiger partial charge in [-0.2, -0.15) is 0 Å². The summed E-state index contributed by atoms with van der Waals surface area (Å²) in [6.45, 7) is 4.09. The van der Waals surface area contributed by atoms with Gasteiger partial charge in [-0.05, 0) is 38.1 Å². The Morgan fingerprint density at radius 1 is 1.05 bits per heavy atom. The minimum Gasteiger partial charge on any atom is -0.366 e. The smallest absolute Gasteiger partial charge is 0.323 e. The normalized spacial score (nSPS) is 11.2. The van der Waals surface area contributed by atoms with Crippen molar-refractivity contribution in [1.29, 1.82) is 0 Å². The van der Waals surface area contributed by atoms with Crippen molar-refractivity contribution in [3.63, 3.8) is 0 Å². The van der Waals surface area contributed by atoms with Crippen LogP contribution < -0.4 is 11.0 Å². The van der Waals surface area contributed by atoms with Crippen molar-refractivity contribution in [2.45, 2.75) is 19.9 Å². The summed E-state index contributed by atoms with van der Waals surface area (Å²) in [4.78, 5) is 16.7. The molecule has 6 nitrogen and oxygen atoms in total. The fourth-order valence-corrected chi connectivity index (χ4v) is 2.05. The van der Waals surface area contributed by atoms with Crippen molar-refractivity contribution in [2.75, 3.05) is 5.32 Å². The van der Waals surface area contributed by atoms with E-state index in [2.05, 4.69) is 25.5 Å². The summed E-state index contributed by atoms with van der Waals surface area (Å²) < 4.78 is 0. The van der Waals surface area contributed by atoms with E-state index in [-0.39, 0.29) is 5.69 Å². The standard InChI is InChI=1S/C14H15N5O/c1-8(2)15-13-6-5-10(18-19-13)9-3-4-11-12(7-9)17-14(20)16-11/h3-8H,1-2H3,(H,15,19)(H2,16,17,20). The molecular formula is C14H15N5O. The minimum atomic E-state index is -0.209. The van der Waals surface area contributed by atoms with Crippen LogP contribution in [0, 0.1) is 0 Å². The van der Waals surface area contributed by atoms with Gasteiger partial charge < -0.3 is 15.3 Å². The predicted octanol–water partition coefficient (Wildman–Crippen LogP) is 2.13. The molecular weight excluding hydrogens is 254 g/mol. The van der Waals surface area contributed by atoms with Crippen LogP contribution in [0.4, 0.5) is 5.82 Å². The van der Waals surface area contributed by atoms with E-state index in [0.717, 1.165) is 28.1 Å². The highest BCUT2D eigenvalue weighted by atomic mass is 16.1. The molecule has 6 heteroatoms. The second kappa shape index (κ2) is 4.80. The molecule has 102 valence electrons. The average Bonchev–Trinajstić information content (AvgIpc) is 2.78. The largest absolute Gasteiger partial charge is 0.366 e. The van der Waals surface area contributed by atoms with E-state index >= 15 is 0 Å². The number of anilines is 1. The summed E-state index contributed by atoms with van der Waals surface area (Å²) >= 11 is 0. The Bertz CT molecular complexity index is 785. The lowest BCUT2D eigenvalue weighted by Crippen LogP contribution is -2.11. The van der Waals surface area contributed by atoms with Crippen LogP contribution in [0.2, 0.25) is 0 Å². The molecule has 0 radical (unpaired) electrons. The number of aromatic amines is 2. The lowest BCUT2D eigenvalue weighted by molar-refractivity contribution is 0.874. The molecule has 0 saturated heterocycles. The van der Waals surface area contributed by atoms with Crippen LogP contribution in [-0.2, 0) is 0 Å². The van der Waals surface area contributed by atoms with Crippen LogP contribution in [-0.4, -0.2) is 26.2 Å². The van der Waals surface area contributed by atoms with E-state index < -0.39 is 0 Å². The first-order valence-electron chi connectivity index (χ1n) is 6.44. The molecule has 0 aliphatic heterocycles. The van der Waals surface area contributed by atoms with Gasteiger partial charge in [0.2, 0.25) is 0 Å². The van der Waals surface area contributed by atoms with Gasteiger partial charge in [0.25, 0.3) is 0 Å². The zero-order valence-electron chi connectivity index (χ0n) is 11.3. The van der Waals surface area contributed by atoms with Gasteiger partial charge in [-0.15, -0.1) is 10.2 Å². The Kier molecular flexibility index (Phi) is 2.98. The fourth-order valence-electron chi connectivity index (χ4n) is 2.05. The Hall–Kier alpha value is -2.63. The fraction of sp³-hybridized carbons (Fsp3) is 0.214. The van der Waals surface area contributed by atoms with Crippen molar-refractivity contribution in [2.24, 2.45) is 0 Å². The number of nitrogens with zero attached hydrogens (tertiary/aromatic N) is 2. The van der Waals surface area contributed by atoms with Crippen molar-refractivity contribution >= 4 is 16.9 Å². The number of fused-ring (bicyclic) bond motifs is 1. The average molecular weight is 269 g/mol. The molecule has 3 N–H and O–H groups in total. The quantitative estimate of drug-likeness (QED) is 0.680. The summed E-state index contributed by atoms with van der Waals surface area (Å²) in [5.74, 6) is 0.750. The Labute approximate surface area is 115 Å². The molecule has 0 atom stereocenters. The van der Waals surface area contributed by atoms with Crippen molar-refractivity contribution in [3.8, 4) is 11.3 Å². The molecule has 0 saturated carbocycles.